The van der Waals surface area contributed by atoms with Crippen molar-refractivity contribution in [1.29, 1.82) is 0 Å². The molecule has 1 N–H and O–H groups in total. The van der Waals surface area contributed by atoms with Crippen LogP contribution in [0, 0.1) is 5.82 Å². The van der Waals surface area contributed by atoms with Crippen LogP contribution in [0.2, 0.25) is 0 Å². The number of ether oxygens (including phenoxy) is 2. The molecule has 1 aromatic rings. The van der Waals surface area contributed by atoms with Gasteiger partial charge in [0, 0.05) is 31.3 Å². The summed E-state index contributed by atoms with van der Waals surface area (Å²) < 4.78 is 24.1. The molecule has 0 aromatic heterocycles. The Labute approximate surface area is 136 Å². The zero-order valence-corrected chi connectivity index (χ0v) is 13.8. The van der Waals surface area contributed by atoms with Gasteiger partial charge in [-0.05, 0) is 44.1 Å². The Morgan fingerprint density at radius 1 is 1.35 bits per heavy atom. The highest BCUT2D eigenvalue weighted by Crippen LogP contribution is 2.17. The molecule has 1 aromatic carbocycles. The van der Waals surface area contributed by atoms with E-state index >= 15 is 0 Å². The van der Waals surface area contributed by atoms with Crippen LogP contribution >= 0.6 is 0 Å². The molecule has 1 aliphatic rings. The first-order valence-electron chi connectivity index (χ1n) is 7.96. The topological polar surface area (TPSA) is 50.8 Å². The maximum Gasteiger partial charge on any atom is 0.253 e. The minimum absolute atomic E-state index is 0.0740. The van der Waals surface area contributed by atoms with E-state index in [-0.39, 0.29) is 24.4 Å². The van der Waals surface area contributed by atoms with E-state index in [2.05, 4.69) is 5.32 Å². The second-order valence-corrected chi connectivity index (χ2v) is 5.75. The Hall–Kier alpha value is -1.50. The molecule has 5 nitrogen and oxygen atoms in total. The Bertz CT molecular complexity index is 519. The van der Waals surface area contributed by atoms with Gasteiger partial charge in [-0.15, -0.1) is 0 Å². The predicted octanol–water partition coefficient (Wildman–Crippen LogP) is 1.81. The van der Waals surface area contributed by atoms with Crippen molar-refractivity contribution >= 4 is 5.91 Å². The van der Waals surface area contributed by atoms with Gasteiger partial charge in [0.15, 0.2) is 0 Å². The molecule has 0 radical (unpaired) electrons. The van der Waals surface area contributed by atoms with Gasteiger partial charge < -0.3 is 19.7 Å². The Kier molecular flexibility index (Phi) is 6.95. The molecule has 0 saturated carbocycles. The fourth-order valence-electron chi connectivity index (χ4n) is 2.71. The number of rotatable bonds is 7. The molecule has 1 aliphatic heterocycles. The van der Waals surface area contributed by atoms with Gasteiger partial charge in [0.1, 0.15) is 5.82 Å². The predicted molar refractivity (Wildman–Crippen MR) is 85.9 cm³/mol. The minimum Gasteiger partial charge on any atom is -0.382 e. The summed E-state index contributed by atoms with van der Waals surface area (Å²) in [5.74, 6) is -0.432. The van der Waals surface area contributed by atoms with E-state index in [1.807, 2.05) is 7.05 Å². The third kappa shape index (κ3) is 4.99. The maximum atomic E-state index is 13.9. The van der Waals surface area contributed by atoms with Crippen LogP contribution in [-0.4, -0.2) is 57.3 Å². The number of benzene rings is 1. The lowest BCUT2D eigenvalue weighted by Gasteiger charge is -2.31. The summed E-state index contributed by atoms with van der Waals surface area (Å²) in [5, 5.41) is 3.28. The first-order valence-corrected chi connectivity index (χ1v) is 7.96. The van der Waals surface area contributed by atoms with Gasteiger partial charge in [0.25, 0.3) is 5.91 Å². The fourth-order valence-corrected chi connectivity index (χ4v) is 2.71. The maximum absolute atomic E-state index is 13.9. The van der Waals surface area contributed by atoms with Gasteiger partial charge in [-0.1, -0.05) is 0 Å². The van der Waals surface area contributed by atoms with E-state index in [0.29, 0.717) is 24.3 Å². The number of halogens is 1. The summed E-state index contributed by atoms with van der Waals surface area (Å²) in [6.45, 7) is 2.82. The lowest BCUT2D eigenvalue weighted by molar-refractivity contribution is 0.0602. The number of hydrogen-bond donors (Lipinski definition) is 1. The summed E-state index contributed by atoms with van der Waals surface area (Å²) in [4.78, 5) is 14.4. The third-order valence-corrected chi connectivity index (χ3v) is 4.16. The smallest absolute Gasteiger partial charge is 0.253 e. The Balaban J connectivity index is 2.01. The van der Waals surface area contributed by atoms with Crippen LogP contribution in [-0.2, 0) is 16.1 Å². The molecule has 1 heterocycles. The number of amides is 1. The first kappa shape index (κ1) is 17.8. The van der Waals surface area contributed by atoms with Crippen LogP contribution in [0.5, 0.6) is 0 Å². The minimum atomic E-state index is -0.358. The molecular weight excluding hydrogens is 299 g/mol. The fraction of sp³-hybridized carbons (Fsp3) is 0.588. The van der Waals surface area contributed by atoms with E-state index in [4.69, 9.17) is 9.47 Å². The lowest BCUT2D eigenvalue weighted by Crippen LogP contribution is -2.44. The zero-order valence-electron chi connectivity index (χ0n) is 13.8. The molecule has 0 unspecified atom stereocenters. The second kappa shape index (κ2) is 8.96. The molecule has 0 aliphatic carbocycles. The highest BCUT2D eigenvalue weighted by Gasteiger charge is 2.23. The van der Waals surface area contributed by atoms with Crippen molar-refractivity contribution in [1.82, 2.24) is 10.2 Å². The SMILES string of the molecule is COCCOCc1cc(C(=O)N(C)C2CCNCC2)ccc1F. The zero-order chi connectivity index (χ0) is 16.7. The van der Waals surface area contributed by atoms with Crippen molar-refractivity contribution < 1.29 is 18.7 Å². The molecule has 0 bridgehead atoms. The number of piperidine rings is 1. The van der Waals surface area contributed by atoms with Gasteiger partial charge in [0.2, 0.25) is 0 Å². The molecule has 0 spiro atoms. The summed E-state index contributed by atoms with van der Waals surface area (Å²) >= 11 is 0. The number of nitrogens with one attached hydrogen (secondary N) is 1. The highest BCUT2D eigenvalue weighted by atomic mass is 19.1. The van der Waals surface area contributed by atoms with Crippen LogP contribution in [0.1, 0.15) is 28.8 Å². The van der Waals surface area contributed by atoms with Crippen LogP contribution in [0.3, 0.4) is 0 Å². The molecular formula is C17H25FN2O3. The molecule has 1 saturated heterocycles. The van der Waals surface area contributed by atoms with E-state index in [1.54, 1.807) is 18.1 Å². The van der Waals surface area contributed by atoms with E-state index < -0.39 is 0 Å². The summed E-state index contributed by atoms with van der Waals surface area (Å²) in [6.07, 6.45) is 1.88. The Morgan fingerprint density at radius 2 is 2.09 bits per heavy atom. The van der Waals surface area contributed by atoms with Gasteiger partial charge in [-0.25, -0.2) is 4.39 Å². The van der Waals surface area contributed by atoms with Crippen LogP contribution in [0.25, 0.3) is 0 Å². The molecule has 23 heavy (non-hydrogen) atoms. The standard InChI is InChI=1S/C17H25FN2O3/c1-20(15-5-7-19-8-6-15)17(21)13-3-4-16(18)14(11-13)12-23-10-9-22-2/h3-4,11,15,19H,5-10,12H2,1-2H3. The van der Waals surface area contributed by atoms with Crippen molar-refractivity contribution in [2.24, 2.45) is 0 Å². The largest absolute Gasteiger partial charge is 0.382 e. The number of carbonyl (C=O) groups excluding carboxylic acids is 1. The average molecular weight is 324 g/mol. The van der Waals surface area contributed by atoms with Gasteiger partial charge in [-0.3, -0.25) is 4.79 Å². The molecule has 1 fully saturated rings. The van der Waals surface area contributed by atoms with Crippen molar-refractivity contribution in [3.8, 4) is 0 Å². The molecule has 2 rings (SSSR count). The van der Waals surface area contributed by atoms with Crippen LogP contribution < -0.4 is 5.32 Å². The van der Waals surface area contributed by atoms with Gasteiger partial charge in [-0.2, -0.15) is 0 Å². The number of carbonyl (C=O) groups is 1. The van der Waals surface area contributed by atoms with E-state index in [1.165, 1.54) is 12.1 Å². The summed E-state index contributed by atoms with van der Waals surface area (Å²) in [7, 11) is 3.40. The normalized spacial score (nSPS) is 15.6. The highest BCUT2D eigenvalue weighted by molar-refractivity contribution is 5.94. The van der Waals surface area contributed by atoms with Crippen molar-refractivity contribution in [3.63, 3.8) is 0 Å². The van der Waals surface area contributed by atoms with Crippen molar-refractivity contribution in [2.45, 2.75) is 25.5 Å². The average Bonchev–Trinajstić information content (AvgIpc) is 2.59. The van der Waals surface area contributed by atoms with E-state index in [9.17, 15) is 9.18 Å². The monoisotopic (exact) mass is 324 g/mol. The quantitative estimate of drug-likeness (QED) is 0.777. The number of methoxy groups -OCH3 is 1. The molecule has 128 valence electrons. The van der Waals surface area contributed by atoms with Gasteiger partial charge >= 0.3 is 0 Å². The first-order chi connectivity index (χ1) is 11.1. The van der Waals surface area contributed by atoms with Crippen molar-refractivity contribution in [2.75, 3.05) is 40.5 Å². The van der Waals surface area contributed by atoms with Gasteiger partial charge in [0.05, 0.1) is 19.8 Å². The molecule has 0 atom stereocenters. The van der Waals surface area contributed by atoms with Crippen molar-refractivity contribution in [3.05, 3.63) is 35.1 Å². The second-order valence-electron chi connectivity index (χ2n) is 5.75. The third-order valence-electron chi connectivity index (χ3n) is 4.16. The summed E-state index contributed by atoms with van der Waals surface area (Å²) in [6, 6.07) is 4.68. The van der Waals surface area contributed by atoms with Crippen LogP contribution in [0.15, 0.2) is 18.2 Å². The Morgan fingerprint density at radius 3 is 2.78 bits per heavy atom. The molecule has 6 heteroatoms. The summed E-state index contributed by atoms with van der Waals surface area (Å²) in [5.41, 5.74) is 0.892. The number of hydrogen-bond acceptors (Lipinski definition) is 4. The molecule has 1 amide bonds. The van der Waals surface area contributed by atoms with Crippen LogP contribution in [0.4, 0.5) is 4.39 Å². The van der Waals surface area contributed by atoms with E-state index in [0.717, 1.165) is 25.9 Å². The number of nitrogens with zero attached hydrogens (tertiary/aromatic N) is 1. The lowest BCUT2D eigenvalue weighted by atomic mass is 10.0.